The molecule has 0 bridgehead atoms. The molecule has 4 atom stereocenters. The van der Waals surface area contributed by atoms with Gasteiger partial charge < -0.3 is 25.5 Å². The number of Topliss-reactive ketones (excluding diaryl/α,β-unsaturated/α-hetero) is 2. The summed E-state index contributed by atoms with van der Waals surface area (Å²) < 4.78 is 0. The van der Waals surface area contributed by atoms with Crippen LogP contribution in [0.1, 0.15) is 89.9 Å². The summed E-state index contributed by atoms with van der Waals surface area (Å²) in [4.78, 5) is 26.2. The molecule has 5 aliphatic rings. The van der Waals surface area contributed by atoms with Crippen molar-refractivity contribution in [3.05, 3.63) is 46.8 Å². The van der Waals surface area contributed by atoms with Crippen LogP contribution in [0.3, 0.4) is 0 Å². The van der Waals surface area contributed by atoms with Gasteiger partial charge in [0.2, 0.25) is 11.6 Å². The van der Waals surface area contributed by atoms with E-state index >= 15 is 0 Å². The molecule has 40 heavy (non-hydrogen) atoms. The van der Waals surface area contributed by atoms with E-state index in [1.807, 2.05) is 0 Å². The van der Waals surface area contributed by atoms with Crippen molar-refractivity contribution in [3.8, 4) is 0 Å². The second kappa shape index (κ2) is 12.8. The predicted molar refractivity (Wildman–Crippen MR) is 151 cm³/mol. The molecule has 0 amide bonds. The van der Waals surface area contributed by atoms with Crippen LogP contribution in [0.15, 0.2) is 46.8 Å². The van der Waals surface area contributed by atoms with Crippen LogP contribution in [0.25, 0.3) is 0 Å². The Kier molecular flexibility index (Phi) is 9.45. The molecule has 5 aliphatic carbocycles. The number of hydrogen-bond acceptors (Lipinski definition) is 7. The number of carbonyl (C=O) groups is 2. The zero-order chi connectivity index (χ0) is 28.4. The average molecular weight is 555 g/mol. The van der Waals surface area contributed by atoms with Gasteiger partial charge in [-0.25, -0.2) is 0 Å². The fourth-order valence-electron chi connectivity index (χ4n) is 7.89. The Labute approximate surface area is 237 Å². The summed E-state index contributed by atoms with van der Waals surface area (Å²) in [5.74, 6) is -2.77. The molecule has 7 nitrogen and oxygen atoms in total. The first-order valence-electron chi connectivity index (χ1n) is 15.6. The van der Waals surface area contributed by atoms with Gasteiger partial charge in [0.15, 0.2) is 0 Å². The fraction of sp³-hybridized carbons (Fsp3) is 0.697. The lowest BCUT2D eigenvalue weighted by atomic mass is 9.73. The molecule has 4 fully saturated rings. The number of aliphatic hydroxyl groups excluding tert-OH is 5. The normalized spacial score (nSPS) is 37.5. The van der Waals surface area contributed by atoms with Crippen molar-refractivity contribution in [2.75, 3.05) is 0 Å². The summed E-state index contributed by atoms with van der Waals surface area (Å²) in [5, 5.41) is 55.1. The van der Waals surface area contributed by atoms with Crippen molar-refractivity contribution in [2.45, 2.75) is 114 Å². The van der Waals surface area contributed by atoms with E-state index in [1.54, 1.807) is 0 Å². The Morgan fingerprint density at radius 1 is 0.550 bits per heavy atom. The van der Waals surface area contributed by atoms with Crippen molar-refractivity contribution >= 4 is 11.6 Å². The number of aliphatic hydroxyl groups is 5. The molecule has 0 spiro atoms. The first kappa shape index (κ1) is 29.4. The van der Waals surface area contributed by atoms with Gasteiger partial charge in [-0.15, -0.1) is 0 Å². The minimum atomic E-state index is -1.19. The van der Waals surface area contributed by atoms with Crippen LogP contribution >= 0.6 is 0 Å². The predicted octanol–water partition coefficient (Wildman–Crippen LogP) is 4.40. The van der Waals surface area contributed by atoms with E-state index in [9.17, 15) is 35.1 Å². The zero-order valence-electron chi connectivity index (χ0n) is 23.5. The van der Waals surface area contributed by atoms with E-state index in [4.69, 9.17) is 0 Å². The molecule has 4 saturated carbocycles. The lowest BCUT2D eigenvalue weighted by molar-refractivity contribution is -0.132. The molecule has 0 aliphatic heterocycles. The zero-order valence-corrected chi connectivity index (χ0v) is 23.5. The number of allylic oxidation sites excluding steroid dienone is 5. The van der Waals surface area contributed by atoms with Gasteiger partial charge in [-0.1, -0.05) is 62.8 Å². The van der Waals surface area contributed by atoms with Gasteiger partial charge in [0, 0.05) is 11.5 Å². The van der Waals surface area contributed by atoms with Gasteiger partial charge in [-0.3, -0.25) is 9.59 Å². The molecule has 4 unspecified atom stereocenters. The number of hydrogen-bond donors (Lipinski definition) is 5. The van der Waals surface area contributed by atoms with Crippen molar-refractivity contribution in [3.63, 3.8) is 0 Å². The van der Waals surface area contributed by atoms with Gasteiger partial charge in [-0.2, -0.15) is 0 Å². The molecule has 0 aromatic carbocycles. The minimum Gasteiger partial charge on any atom is -0.507 e. The summed E-state index contributed by atoms with van der Waals surface area (Å²) >= 11 is 0. The molecule has 7 heteroatoms. The Balaban J connectivity index is 1.32. The van der Waals surface area contributed by atoms with E-state index in [1.165, 1.54) is 38.5 Å². The summed E-state index contributed by atoms with van der Waals surface area (Å²) in [6, 6.07) is 0. The van der Waals surface area contributed by atoms with E-state index < -0.39 is 47.7 Å². The van der Waals surface area contributed by atoms with Gasteiger partial charge in [0.05, 0.1) is 35.6 Å². The van der Waals surface area contributed by atoms with Crippen molar-refractivity contribution in [2.24, 2.45) is 29.6 Å². The van der Waals surface area contributed by atoms with Crippen LogP contribution in [0, 0.1) is 29.6 Å². The Morgan fingerprint density at radius 2 is 0.975 bits per heavy atom. The van der Waals surface area contributed by atoms with Crippen molar-refractivity contribution in [1.29, 1.82) is 0 Å². The van der Waals surface area contributed by atoms with Gasteiger partial charge in [0.25, 0.3) is 0 Å². The molecule has 220 valence electrons. The highest BCUT2D eigenvalue weighted by Crippen LogP contribution is 2.43. The highest BCUT2D eigenvalue weighted by molar-refractivity contribution is 6.53. The third kappa shape index (κ3) is 6.23. The van der Waals surface area contributed by atoms with Crippen LogP contribution in [-0.4, -0.2) is 61.5 Å². The largest absolute Gasteiger partial charge is 0.507 e. The van der Waals surface area contributed by atoms with Crippen molar-refractivity contribution < 1.29 is 35.1 Å². The molecular weight excluding hydrogens is 508 g/mol. The maximum Gasteiger partial charge on any atom is 0.237 e. The molecular formula is C33H46O7. The van der Waals surface area contributed by atoms with E-state index in [0.717, 1.165) is 25.7 Å². The van der Waals surface area contributed by atoms with Crippen LogP contribution in [0.5, 0.6) is 0 Å². The quantitative estimate of drug-likeness (QED) is 0.193. The Hall–Kier alpha value is -2.06. The van der Waals surface area contributed by atoms with Crippen LogP contribution < -0.4 is 0 Å². The first-order chi connectivity index (χ1) is 19.2. The topological polar surface area (TPSA) is 135 Å². The summed E-state index contributed by atoms with van der Waals surface area (Å²) in [6.07, 6.45) is 17.1. The molecule has 5 N–H and O–H groups in total. The average Bonchev–Trinajstić information content (AvgIpc) is 3.15. The number of rotatable bonds is 5. The summed E-state index contributed by atoms with van der Waals surface area (Å²) in [7, 11) is 0. The maximum absolute atomic E-state index is 13.1. The van der Waals surface area contributed by atoms with Crippen LogP contribution in [0.2, 0.25) is 0 Å². The highest BCUT2D eigenvalue weighted by Gasteiger charge is 2.49. The van der Waals surface area contributed by atoms with Gasteiger partial charge in [0.1, 0.15) is 5.76 Å². The number of carbonyl (C=O) groups excluding carboxylic acids is 2. The Bertz CT molecular complexity index is 1050. The minimum absolute atomic E-state index is 0.0266. The number of ketones is 2. The maximum atomic E-state index is 13.1. The molecule has 0 aromatic heterocycles. The van der Waals surface area contributed by atoms with Crippen molar-refractivity contribution in [1.82, 2.24) is 0 Å². The molecule has 0 saturated heterocycles. The van der Waals surface area contributed by atoms with E-state index in [0.29, 0.717) is 24.7 Å². The summed E-state index contributed by atoms with van der Waals surface area (Å²) in [5.41, 5.74) is -0.671. The second-order valence-corrected chi connectivity index (χ2v) is 13.0. The molecule has 0 aromatic rings. The van der Waals surface area contributed by atoms with E-state index in [2.05, 4.69) is 24.3 Å². The van der Waals surface area contributed by atoms with E-state index in [-0.39, 0.29) is 41.4 Å². The highest BCUT2D eigenvalue weighted by atomic mass is 16.3. The monoisotopic (exact) mass is 554 g/mol. The lowest BCUT2D eigenvalue weighted by Gasteiger charge is -2.36. The molecule has 5 rings (SSSR count). The Morgan fingerprint density at radius 3 is 1.45 bits per heavy atom. The van der Waals surface area contributed by atoms with Gasteiger partial charge in [-0.05, 0) is 75.0 Å². The van der Waals surface area contributed by atoms with Crippen LogP contribution in [-0.2, 0) is 9.59 Å². The summed E-state index contributed by atoms with van der Waals surface area (Å²) in [6.45, 7) is 0. The van der Waals surface area contributed by atoms with Gasteiger partial charge >= 0.3 is 0 Å². The standard InChI is InChI=1S/C33H46O7/c34-23-15-21(13-11-19-7-3-1-4-8-19)16-24(35)27(23)29-31(38)30(33(40)32(29)39)28-25(36)17-22(18-26(28)37)14-12-20-9-5-2-6-10-20/h11-14,19-27,34-38H,1-10,15-18H2/b13-11+,14-12+,30-28?. The van der Waals surface area contributed by atoms with Crippen LogP contribution in [0.4, 0.5) is 0 Å². The SMILES string of the molecule is O=C1C(=O)C(C2C(O)CC(/C=C/C3CCCCC3)CC2O)=C(O)C1=C1C(O)CC(/C=C/C2CCCCC2)CC1O. The third-order valence-corrected chi connectivity index (χ3v) is 10.1. The fourth-order valence-corrected chi connectivity index (χ4v) is 7.89. The molecule has 0 heterocycles. The first-order valence-corrected chi connectivity index (χ1v) is 15.6. The lowest BCUT2D eigenvalue weighted by Crippen LogP contribution is -2.42. The second-order valence-electron chi connectivity index (χ2n) is 13.0. The third-order valence-electron chi connectivity index (χ3n) is 10.1. The molecule has 0 radical (unpaired) electrons. The smallest absolute Gasteiger partial charge is 0.237 e.